The molecule has 1 aromatic carbocycles. The Morgan fingerprint density at radius 3 is 3.06 bits per heavy atom. The Morgan fingerprint density at radius 2 is 2.28 bits per heavy atom. The number of H-pyrrole nitrogens is 1. The van der Waals surface area contributed by atoms with Crippen LogP contribution in [0.5, 0.6) is 0 Å². The van der Waals surface area contributed by atoms with Crippen molar-refractivity contribution < 1.29 is 0 Å². The van der Waals surface area contributed by atoms with E-state index >= 15 is 0 Å². The average molecular weight is 340 g/mol. The number of benzene rings is 1. The third-order valence-electron chi connectivity index (χ3n) is 2.52. The number of halogens is 1. The highest BCUT2D eigenvalue weighted by molar-refractivity contribution is 9.10. The first kappa shape index (κ1) is 12.1. The maximum Gasteiger partial charge on any atom is 0.166 e. The largest absolute Gasteiger partial charge is 0.399 e. The number of hydrogen-bond acceptors (Lipinski definition) is 4. The molecule has 0 aliphatic rings. The highest BCUT2D eigenvalue weighted by Crippen LogP contribution is 2.30. The summed E-state index contributed by atoms with van der Waals surface area (Å²) in [5, 5.41) is 3.01. The van der Waals surface area contributed by atoms with E-state index in [0.29, 0.717) is 0 Å². The molecule has 0 aliphatic heterocycles. The maximum absolute atomic E-state index is 5.75. The maximum atomic E-state index is 5.75. The van der Waals surface area contributed by atoms with Crippen molar-refractivity contribution in [1.29, 1.82) is 0 Å². The van der Waals surface area contributed by atoms with Crippen LogP contribution in [-0.4, -0.2) is 9.97 Å². The van der Waals surface area contributed by atoms with Crippen molar-refractivity contribution in [2.24, 2.45) is 0 Å². The molecule has 92 valence electrons. The van der Waals surface area contributed by atoms with Crippen LogP contribution in [0.4, 0.5) is 5.69 Å². The second kappa shape index (κ2) is 4.95. The second-order valence-electron chi connectivity index (χ2n) is 3.80. The van der Waals surface area contributed by atoms with Crippen LogP contribution in [0.25, 0.3) is 11.0 Å². The lowest BCUT2D eigenvalue weighted by Gasteiger charge is -1.95. The van der Waals surface area contributed by atoms with Gasteiger partial charge >= 0.3 is 0 Å². The number of rotatable bonds is 3. The monoisotopic (exact) mass is 339 g/mol. The molecule has 0 radical (unpaired) electrons. The number of thiophene rings is 1. The molecule has 0 spiro atoms. The lowest BCUT2D eigenvalue weighted by molar-refractivity contribution is 1.08. The third kappa shape index (κ3) is 2.41. The van der Waals surface area contributed by atoms with Gasteiger partial charge in [-0.15, -0.1) is 11.3 Å². The van der Waals surface area contributed by atoms with Crippen LogP contribution in [0, 0.1) is 0 Å². The lowest BCUT2D eigenvalue weighted by atomic mass is 10.3. The van der Waals surface area contributed by atoms with Crippen molar-refractivity contribution in [2.75, 3.05) is 5.73 Å². The highest BCUT2D eigenvalue weighted by Gasteiger charge is 2.06. The van der Waals surface area contributed by atoms with Crippen LogP contribution in [0.2, 0.25) is 0 Å². The van der Waals surface area contributed by atoms with E-state index in [9.17, 15) is 0 Å². The molecule has 3 rings (SSSR count). The van der Waals surface area contributed by atoms with E-state index in [1.807, 2.05) is 18.2 Å². The molecule has 0 amide bonds. The summed E-state index contributed by atoms with van der Waals surface area (Å²) in [6.07, 6.45) is 0. The van der Waals surface area contributed by atoms with Crippen LogP contribution in [0.3, 0.4) is 0 Å². The van der Waals surface area contributed by atoms with Gasteiger partial charge in [0, 0.05) is 20.8 Å². The number of nitrogens with zero attached hydrogens (tertiary/aromatic N) is 1. The number of aromatic amines is 1. The molecule has 6 heteroatoms. The fourth-order valence-corrected chi connectivity index (χ4v) is 4.31. The van der Waals surface area contributed by atoms with Gasteiger partial charge < -0.3 is 10.7 Å². The molecular weight excluding hydrogens is 330 g/mol. The third-order valence-corrected chi connectivity index (χ3v) is 5.52. The zero-order chi connectivity index (χ0) is 12.5. The molecule has 2 heterocycles. The number of aromatic nitrogens is 2. The van der Waals surface area contributed by atoms with E-state index in [1.54, 1.807) is 23.1 Å². The minimum atomic E-state index is 0.753. The highest BCUT2D eigenvalue weighted by atomic mass is 79.9. The summed E-state index contributed by atoms with van der Waals surface area (Å²) in [6, 6.07) is 7.78. The zero-order valence-corrected chi connectivity index (χ0v) is 12.5. The summed E-state index contributed by atoms with van der Waals surface area (Å²) >= 11 is 6.98. The number of thioether (sulfide) groups is 1. The molecule has 18 heavy (non-hydrogen) atoms. The Labute approximate surface area is 121 Å². The summed E-state index contributed by atoms with van der Waals surface area (Å²) in [6.45, 7) is 0. The van der Waals surface area contributed by atoms with Gasteiger partial charge in [-0.3, -0.25) is 0 Å². The van der Waals surface area contributed by atoms with Gasteiger partial charge in [-0.2, -0.15) is 0 Å². The zero-order valence-electron chi connectivity index (χ0n) is 9.31. The van der Waals surface area contributed by atoms with Crippen LogP contribution < -0.4 is 5.73 Å². The minimum absolute atomic E-state index is 0.753. The summed E-state index contributed by atoms with van der Waals surface area (Å²) in [7, 11) is 0. The molecule has 0 atom stereocenters. The van der Waals surface area contributed by atoms with E-state index in [2.05, 4.69) is 37.3 Å². The Balaban J connectivity index is 1.81. The Bertz CT molecular complexity index is 690. The quantitative estimate of drug-likeness (QED) is 0.553. The molecule has 0 unspecified atom stereocenters. The Kier molecular flexibility index (Phi) is 3.32. The van der Waals surface area contributed by atoms with Gasteiger partial charge in [0.2, 0.25) is 0 Å². The average Bonchev–Trinajstić information content (AvgIpc) is 2.92. The fraction of sp³-hybridized carbons (Fsp3) is 0.0833. The van der Waals surface area contributed by atoms with Crippen molar-refractivity contribution >= 4 is 55.7 Å². The van der Waals surface area contributed by atoms with Gasteiger partial charge in [0.05, 0.1) is 11.0 Å². The predicted molar refractivity (Wildman–Crippen MR) is 82.1 cm³/mol. The number of anilines is 1. The van der Waals surface area contributed by atoms with Gasteiger partial charge in [-0.05, 0) is 45.6 Å². The molecule has 0 aliphatic carbocycles. The molecule has 0 saturated carbocycles. The summed E-state index contributed by atoms with van der Waals surface area (Å²) in [4.78, 5) is 9.12. The molecule has 0 fully saturated rings. The first-order valence-corrected chi connectivity index (χ1v) is 7.98. The molecular formula is C12H10BrN3S2. The van der Waals surface area contributed by atoms with Crippen molar-refractivity contribution in [1.82, 2.24) is 9.97 Å². The molecule has 0 saturated heterocycles. The van der Waals surface area contributed by atoms with Crippen LogP contribution in [0.15, 0.2) is 39.3 Å². The van der Waals surface area contributed by atoms with Crippen LogP contribution in [-0.2, 0) is 5.75 Å². The fourth-order valence-electron chi connectivity index (χ4n) is 1.63. The number of hydrogen-bond donors (Lipinski definition) is 2. The summed E-state index contributed by atoms with van der Waals surface area (Å²) < 4.78 is 1.17. The minimum Gasteiger partial charge on any atom is -0.399 e. The SMILES string of the molecule is Nc1ccc2nc(SCc3sccc3Br)[nH]c2c1. The summed E-state index contributed by atoms with van der Waals surface area (Å²) in [5.74, 6) is 0.910. The van der Waals surface area contributed by atoms with Crippen molar-refractivity contribution in [2.45, 2.75) is 10.9 Å². The second-order valence-corrected chi connectivity index (χ2v) is 6.62. The number of nitrogens with one attached hydrogen (secondary N) is 1. The molecule has 2 aromatic heterocycles. The van der Waals surface area contributed by atoms with E-state index in [-0.39, 0.29) is 0 Å². The Morgan fingerprint density at radius 1 is 1.39 bits per heavy atom. The van der Waals surface area contributed by atoms with Crippen molar-refractivity contribution in [3.05, 3.63) is 39.0 Å². The smallest absolute Gasteiger partial charge is 0.166 e. The van der Waals surface area contributed by atoms with Gasteiger partial charge in [0.1, 0.15) is 0 Å². The van der Waals surface area contributed by atoms with E-state index in [0.717, 1.165) is 27.6 Å². The van der Waals surface area contributed by atoms with E-state index in [4.69, 9.17) is 5.73 Å². The summed E-state index contributed by atoms with van der Waals surface area (Å²) in [5.41, 5.74) is 8.44. The topological polar surface area (TPSA) is 54.7 Å². The van der Waals surface area contributed by atoms with Gasteiger partial charge in [-0.1, -0.05) is 11.8 Å². The van der Waals surface area contributed by atoms with Crippen LogP contribution >= 0.6 is 39.0 Å². The van der Waals surface area contributed by atoms with E-state index < -0.39 is 0 Å². The van der Waals surface area contributed by atoms with Gasteiger partial charge in [0.25, 0.3) is 0 Å². The first-order chi connectivity index (χ1) is 8.72. The number of nitrogens with two attached hydrogens (primary N) is 1. The van der Waals surface area contributed by atoms with Gasteiger partial charge in [0.15, 0.2) is 5.16 Å². The lowest BCUT2D eigenvalue weighted by Crippen LogP contribution is -1.82. The molecule has 3 nitrogen and oxygen atoms in total. The van der Waals surface area contributed by atoms with Gasteiger partial charge in [-0.25, -0.2) is 4.98 Å². The number of fused-ring (bicyclic) bond motifs is 1. The molecule has 3 N–H and O–H groups in total. The predicted octanol–water partition coefficient (Wildman–Crippen LogP) is 4.26. The standard InChI is InChI=1S/C12H10BrN3S2/c13-8-3-4-17-11(8)6-18-12-15-9-2-1-7(14)5-10(9)16-12/h1-5H,6,14H2,(H,15,16). The van der Waals surface area contributed by atoms with Crippen molar-refractivity contribution in [3.63, 3.8) is 0 Å². The molecule has 3 aromatic rings. The Hall–Kier alpha value is -0.980. The normalized spacial score (nSPS) is 11.2. The van der Waals surface area contributed by atoms with E-state index in [1.165, 1.54) is 9.35 Å². The van der Waals surface area contributed by atoms with Crippen LogP contribution in [0.1, 0.15) is 4.88 Å². The molecule has 0 bridgehead atoms. The number of imidazole rings is 1. The number of nitrogen functional groups attached to an aromatic ring is 1. The first-order valence-electron chi connectivity index (χ1n) is 5.32. The van der Waals surface area contributed by atoms with Crippen molar-refractivity contribution in [3.8, 4) is 0 Å².